The van der Waals surface area contributed by atoms with Crippen molar-refractivity contribution in [3.05, 3.63) is 47.7 Å². The molecule has 2 aliphatic rings. The van der Waals surface area contributed by atoms with Gasteiger partial charge in [-0.1, -0.05) is 25.3 Å². The van der Waals surface area contributed by atoms with Crippen LogP contribution in [0.4, 0.5) is 9.18 Å². The maximum atomic E-state index is 13.3. The Morgan fingerprint density at radius 2 is 2.00 bits per heavy atom. The maximum Gasteiger partial charge on any atom is 0.314 e. The molecule has 0 spiro atoms. The van der Waals surface area contributed by atoms with E-state index in [4.69, 9.17) is 0 Å². The van der Waals surface area contributed by atoms with E-state index >= 15 is 0 Å². The van der Waals surface area contributed by atoms with Crippen LogP contribution in [0.25, 0.3) is 17.3 Å². The minimum Gasteiger partial charge on any atom is -0.338 e. The summed E-state index contributed by atoms with van der Waals surface area (Å²) in [7, 11) is 0. The van der Waals surface area contributed by atoms with E-state index in [2.05, 4.69) is 33.2 Å². The van der Waals surface area contributed by atoms with Crippen LogP contribution in [0.3, 0.4) is 0 Å². The van der Waals surface area contributed by atoms with E-state index in [1.807, 2.05) is 6.33 Å². The van der Waals surface area contributed by atoms with Gasteiger partial charge < -0.3 is 15.2 Å². The van der Waals surface area contributed by atoms with Gasteiger partial charge in [-0.3, -0.25) is 0 Å². The van der Waals surface area contributed by atoms with Gasteiger partial charge in [-0.25, -0.2) is 14.2 Å². The maximum absolute atomic E-state index is 13.3. The van der Waals surface area contributed by atoms with Crippen LogP contribution in [-0.4, -0.2) is 28.7 Å². The second-order valence-corrected chi connectivity index (χ2v) is 8.56. The number of carbonyl (C=O) groups excluding carboxylic acids is 1. The van der Waals surface area contributed by atoms with E-state index in [0.29, 0.717) is 6.54 Å². The zero-order valence-corrected chi connectivity index (χ0v) is 17.7. The minimum absolute atomic E-state index is 0.0704. The Bertz CT molecular complexity index is 918. The van der Waals surface area contributed by atoms with Crippen molar-refractivity contribution in [1.82, 2.24) is 20.2 Å². The Kier molecular flexibility index (Phi) is 6.21. The lowest BCUT2D eigenvalue weighted by Crippen LogP contribution is -2.41. The normalized spacial score (nSPS) is 20.1. The van der Waals surface area contributed by atoms with Crippen molar-refractivity contribution in [1.29, 1.82) is 0 Å². The lowest BCUT2D eigenvalue weighted by atomic mass is 9.66. The van der Waals surface area contributed by atoms with Gasteiger partial charge in [0.2, 0.25) is 0 Å². The van der Waals surface area contributed by atoms with E-state index in [-0.39, 0.29) is 17.3 Å². The van der Waals surface area contributed by atoms with Crippen molar-refractivity contribution < 1.29 is 9.18 Å². The first kappa shape index (κ1) is 20.6. The number of amides is 2. The summed E-state index contributed by atoms with van der Waals surface area (Å²) in [6.45, 7) is 4.40. The first-order chi connectivity index (χ1) is 14.6. The molecule has 4 rings (SSSR count). The highest BCUT2D eigenvalue weighted by Gasteiger charge is 2.39. The monoisotopic (exact) mass is 410 g/mol. The van der Waals surface area contributed by atoms with Gasteiger partial charge in [-0.05, 0) is 62.4 Å². The van der Waals surface area contributed by atoms with Crippen LogP contribution < -0.4 is 10.6 Å². The van der Waals surface area contributed by atoms with Gasteiger partial charge in [0, 0.05) is 30.6 Å². The molecule has 0 radical (unpaired) electrons. The van der Waals surface area contributed by atoms with Crippen LogP contribution in [-0.2, 0) is 6.54 Å². The van der Waals surface area contributed by atoms with Crippen LogP contribution in [0.15, 0.2) is 36.2 Å². The Balaban J connectivity index is 1.49. The molecular formula is C24H31FN4O. The average molecular weight is 411 g/mol. The number of halogens is 1. The molecule has 1 atom stereocenters. The number of nitrogens with zero attached hydrogens (tertiary/aromatic N) is 2. The molecule has 6 heteroatoms. The molecule has 0 saturated heterocycles. The Labute approximate surface area is 177 Å². The molecule has 0 unspecified atom stereocenters. The molecule has 2 heterocycles. The van der Waals surface area contributed by atoms with Crippen LogP contribution in [0, 0.1) is 11.2 Å². The van der Waals surface area contributed by atoms with E-state index in [0.717, 1.165) is 62.1 Å². The molecule has 2 aromatic rings. The third kappa shape index (κ3) is 4.27. The Morgan fingerprint density at radius 1 is 1.20 bits per heavy atom. The number of nitrogens with one attached hydrogen (secondary N) is 2. The lowest BCUT2D eigenvalue weighted by Gasteiger charge is -2.43. The standard InChI is InChI=1S/C24H31FN4O/c1-2-3-13-26-23(30)27-14-12-24-11-5-4-6-19(24)15-21-22(28-17-29(21)16-24)18-7-9-20(25)10-8-18/h7-10,15,17H,2-6,11-14,16H2,1H3,(H2,26,27,30)/t24-/m1/s1. The summed E-state index contributed by atoms with van der Waals surface area (Å²) in [5, 5.41) is 5.96. The first-order valence-corrected chi connectivity index (χ1v) is 11.2. The van der Waals surface area contributed by atoms with Crippen LogP contribution in [0.5, 0.6) is 0 Å². The summed E-state index contributed by atoms with van der Waals surface area (Å²) in [4.78, 5) is 16.7. The Hall–Kier alpha value is -2.63. The van der Waals surface area contributed by atoms with Gasteiger partial charge in [0.15, 0.2) is 0 Å². The molecule has 1 saturated carbocycles. The number of benzene rings is 1. The first-order valence-electron chi connectivity index (χ1n) is 11.2. The van der Waals surface area contributed by atoms with Gasteiger partial charge in [0.25, 0.3) is 0 Å². The summed E-state index contributed by atoms with van der Waals surface area (Å²) < 4.78 is 15.6. The molecule has 2 amide bonds. The molecule has 5 nitrogen and oxygen atoms in total. The third-order valence-electron chi connectivity index (χ3n) is 6.52. The molecule has 2 N–H and O–H groups in total. The number of fused-ring (bicyclic) bond motifs is 2. The van der Waals surface area contributed by atoms with E-state index < -0.39 is 0 Å². The summed E-state index contributed by atoms with van der Waals surface area (Å²) >= 11 is 0. The number of hydrogen-bond donors (Lipinski definition) is 2. The topological polar surface area (TPSA) is 59.0 Å². The molecule has 1 aliphatic heterocycles. The fourth-order valence-electron chi connectivity index (χ4n) is 4.82. The summed E-state index contributed by atoms with van der Waals surface area (Å²) in [6, 6.07) is 6.49. The van der Waals surface area contributed by atoms with Crippen LogP contribution in [0.1, 0.15) is 57.6 Å². The second kappa shape index (κ2) is 9.02. The number of allylic oxidation sites excluding steroid dienone is 1. The van der Waals surface area contributed by atoms with Crippen molar-refractivity contribution in [2.45, 2.75) is 58.4 Å². The molecule has 160 valence electrons. The van der Waals surface area contributed by atoms with Gasteiger partial charge in [0.05, 0.1) is 17.7 Å². The minimum atomic E-state index is -0.234. The molecule has 1 aromatic carbocycles. The van der Waals surface area contributed by atoms with Crippen molar-refractivity contribution in [3.8, 4) is 11.3 Å². The van der Waals surface area contributed by atoms with Crippen molar-refractivity contribution >= 4 is 12.1 Å². The van der Waals surface area contributed by atoms with E-state index in [1.165, 1.54) is 30.5 Å². The average Bonchev–Trinajstić information content (AvgIpc) is 3.15. The second-order valence-electron chi connectivity index (χ2n) is 8.56. The molecule has 1 aliphatic carbocycles. The highest BCUT2D eigenvalue weighted by atomic mass is 19.1. The van der Waals surface area contributed by atoms with Gasteiger partial charge in [-0.2, -0.15) is 0 Å². The molecule has 0 bridgehead atoms. The highest BCUT2D eigenvalue weighted by molar-refractivity contribution is 5.74. The van der Waals surface area contributed by atoms with Crippen LogP contribution >= 0.6 is 0 Å². The number of imidazole rings is 1. The fourth-order valence-corrected chi connectivity index (χ4v) is 4.82. The number of hydrogen-bond acceptors (Lipinski definition) is 2. The number of carbonyl (C=O) groups is 1. The summed E-state index contributed by atoms with van der Waals surface area (Å²) in [6.07, 6.45) is 11.9. The highest BCUT2D eigenvalue weighted by Crippen LogP contribution is 2.49. The zero-order valence-electron chi connectivity index (χ0n) is 17.7. The predicted octanol–water partition coefficient (Wildman–Crippen LogP) is 5.14. The van der Waals surface area contributed by atoms with E-state index in [9.17, 15) is 9.18 Å². The van der Waals surface area contributed by atoms with Crippen molar-refractivity contribution in [3.63, 3.8) is 0 Å². The van der Waals surface area contributed by atoms with Gasteiger partial charge in [-0.15, -0.1) is 0 Å². The SMILES string of the molecule is CCCCNC(=O)NCC[C@@]12CCCCC1=Cc1c(-c3ccc(F)cc3)ncn1C2. The molecule has 1 fully saturated rings. The number of rotatable bonds is 7. The summed E-state index contributed by atoms with van der Waals surface area (Å²) in [5.41, 5.74) is 4.52. The molecule has 30 heavy (non-hydrogen) atoms. The van der Waals surface area contributed by atoms with E-state index in [1.54, 1.807) is 12.1 Å². The summed E-state index contributed by atoms with van der Waals surface area (Å²) in [5.74, 6) is -0.234. The van der Waals surface area contributed by atoms with Crippen molar-refractivity contribution in [2.75, 3.05) is 13.1 Å². The van der Waals surface area contributed by atoms with Gasteiger partial charge in [0.1, 0.15) is 5.82 Å². The predicted molar refractivity (Wildman–Crippen MR) is 117 cm³/mol. The Morgan fingerprint density at radius 3 is 2.80 bits per heavy atom. The smallest absolute Gasteiger partial charge is 0.314 e. The zero-order chi connectivity index (χ0) is 21.0. The van der Waals surface area contributed by atoms with Gasteiger partial charge >= 0.3 is 6.03 Å². The lowest BCUT2D eigenvalue weighted by molar-refractivity contribution is 0.205. The number of unbranched alkanes of at least 4 members (excludes halogenated alkanes) is 1. The largest absolute Gasteiger partial charge is 0.338 e. The molecule has 1 aromatic heterocycles. The molecular weight excluding hydrogens is 379 g/mol. The van der Waals surface area contributed by atoms with Crippen LogP contribution in [0.2, 0.25) is 0 Å². The number of urea groups is 1. The van der Waals surface area contributed by atoms with Crippen molar-refractivity contribution in [2.24, 2.45) is 5.41 Å². The quantitative estimate of drug-likeness (QED) is 0.621. The third-order valence-corrected chi connectivity index (χ3v) is 6.52. The number of aromatic nitrogens is 2. The fraction of sp³-hybridized carbons (Fsp3) is 0.500.